The number of benzene rings is 1. The maximum Gasteiger partial charge on any atom is 0.340 e. The fraction of sp³-hybridized carbons (Fsp3) is 0.357. The van der Waals surface area contributed by atoms with Gasteiger partial charge >= 0.3 is 5.69 Å². The summed E-state index contributed by atoms with van der Waals surface area (Å²) >= 11 is 0. The lowest BCUT2D eigenvalue weighted by Gasteiger charge is -2.11. The molecule has 0 aliphatic rings. The Morgan fingerprint density at radius 2 is 2.19 bits per heavy atom. The molecule has 112 valence electrons. The number of aromatic nitrogens is 3. The van der Waals surface area contributed by atoms with Gasteiger partial charge in [0, 0.05) is 6.42 Å². The third-order valence-corrected chi connectivity index (χ3v) is 3.12. The number of para-hydroxylation sites is 1. The molecular weight excluding hydrogens is 272 g/mol. The van der Waals surface area contributed by atoms with Crippen LogP contribution in [0.2, 0.25) is 0 Å². The van der Waals surface area contributed by atoms with Crippen molar-refractivity contribution in [1.82, 2.24) is 20.5 Å². The summed E-state index contributed by atoms with van der Waals surface area (Å²) < 4.78 is 5.25. The Morgan fingerprint density at radius 1 is 1.43 bits per heavy atom. The molecule has 1 amide bonds. The van der Waals surface area contributed by atoms with Crippen molar-refractivity contribution in [2.45, 2.75) is 25.8 Å². The molecule has 0 bridgehead atoms. The SMILES string of the molecule is COc1ccccc1CCC(=O)N[C@@H](C)c1n[nH]c(=O)[nH]1. The molecule has 0 spiro atoms. The Kier molecular flexibility index (Phi) is 4.76. The fourth-order valence-electron chi connectivity index (χ4n) is 2.03. The van der Waals surface area contributed by atoms with Gasteiger partial charge in [0.2, 0.25) is 5.91 Å². The standard InChI is InChI=1S/C14H18N4O3/c1-9(13-16-14(20)18-17-13)15-12(19)8-7-10-5-3-4-6-11(10)21-2/h3-6,9H,7-8H2,1-2H3,(H,15,19)(H2,16,17,18,20)/t9-/m0/s1. The number of aromatic amines is 2. The number of nitrogens with zero attached hydrogens (tertiary/aromatic N) is 1. The first kappa shape index (κ1) is 14.8. The average Bonchev–Trinajstić information content (AvgIpc) is 2.92. The van der Waals surface area contributed by atoms with Crippen molar-refractivity contribution < 1.29 is 9.53 Å². The minimum Gasteiger partial charge on any atom is -0.496 e. The van der Waals surface area contributed by atoms with Crippen LogP contribution in [-0.4, -0.2) is 28.2 Å². The average molecular weight is 290 g/mol. The minimum atomic E-state index is -0.389. The Labute approximate surface area is 121 Å². The second kappa shape index (κ2) is 6.74. The molecule has 2 rings (SSSR count). The van der Waals surface area contributed by atoms with Gasteiger partial charge in [-0.2, -0.15) is 5.10 Å². The van der Waals surface area contributed by atoms with Gasteiger partial charge in [-0.05, 0) is 25.0 Å². The van der Waals surface area contributed by atoms with Crippen LogP contribution < -0.4 is 15.7 Å². The summed E-state index contributed by atoms with van der Waals surface area (Å²) in [4.78, 5) is 25.4. The molecule has 0 saturated carbocycles. The number of H-pyrrole nitrogens is 2. The molecule has 1 heterocycles. The van der Waals surface area contributed by atoms with E-state index in [9.17, 15) is 9.59 Å². The van der Waals surface area contributed by atoms with Crippen LogP contribution in [0, 0.1) is 0 Å². The van der Waals surface area contributed by atoms with Crippen LogP contribution in [0.4, 0.5) is 0 Å². The number of nitrogens with one attached hydrogen (secondary N) is 3. The van der Waals surface area contributed by atoms with Gasteiger partial charge in [-0.3, -0.25) is 9.78 Å². The van der Waals surface area contributed by atoms with Gasteiger partial charge in [0.15, 0.2) is 5.82 Å². The summed E-state index contributed by atoms with van der Waals surface area (Å²) in [5.74, 6) is 1.07. The Hall–Kier alpha value is -2.57. The Balaban J connectivity index is 1.89. The number of carbonyl (C=O) groups excluding carboxylic acids is 1. The van der Waals surface area contributed by atoms with Crippen molar-refractivity contribution in [3.63, 3.8) is 0 Å². The molecule has 1 atom stereocenters. The monoisotopic (exact) mass is 290 g/mol. The number of methoxy groups -OCH3 is 1. The van der Waals surface area contributed by atoms with Crippen molar-refractivity contribution in [3.8, 4) is 5.75 Å². The zero-order valence-corrected chi connectivity index (χ0v) is 12.0. The van der Waals surface area contributed by atoms with Crippen LogP contribution in [-0.2, 0) is 11.2 Å². The van der Waals surface area contributed by atoms with E-state index in [1.807, 2.05) is 24.3 Å². The lowest BCUT2D eigenvalue weighted by Crippen LogP contribution is -2.27. The number of hydrogen-bond donors (Lipinski definition) is 3. The molecule has 21 heavy (non-hydrogen) atoms. The number of aryl methyl sites for hydroxylation is 1. The topological polar surface area (TPSA) is 99.9 Å². The first-order chi connectivity index (χ1) is 10.1. The summed E-state index contributed by atoms with van der Waals surface area (Å²) in [5, 5.41) is 8.84. The number of rotatable bonds is 6. The van der Waals surface area contributed by atoms with Crippen LogP contribution in [0.1, 0.15) is 30.8 Å². The predicted octanol–water partition coefficient (Wildman–Crippen LogP) is 0.917. The van der Waals surface area contributed by atoms with Gasteiger partial charge in [-0.1, -0.05) is 18.2 Å². The highest BCUT2D eigenvalue weighted by Crippen LogP contribution is 2.18. The van der Waals surface area contributed by atoms with E-state index < -0.39 is 0 Å². The van der Waals surface area contributed by atoms with Gasteiger partial charge in [0.25, 0.3) is 0 Å². The first-order valence-electron chi connectivity index (χ1n) is 6.66. The largest absolute Gasteiger partial charge is 0.496 e. The molecule has 7 heteroatoms. The molecule has 0 aliphatic carbocycles. The summed E-state index contributed by atoms with van der Waals surface area (Å²) in [7, 11) is 1.61. The lowest BCUT2D eigenvalue weighted by atomic mass is 10.1. The van der Waals surface area contributed by atoms with E-state index in [-0.39, 0.29) is 17.6 Å². The van der Waals surface area contributed by atoms with Crippen molar-refractivity contribution >= 4 is 5.91 Å². The van der Waals surface area contributed by atoms with Gasteiger partial charge in [0.05, 0.1) is 13.2 Å². The van der Waals surface area contributed by atoms with Crippen LogP contribution in [0.5, 0.6) is 5.75 Å². The summed E-state index contributed by atoms with van der Waals surface area (Å²) in [6.07, 6.45) is 0.916. The second-order valence-electron chi connectivity index (χ2n) is 4.66. The molecule has 0 radical (unpaired) electrons. The quantitative estimate of drug-likeness (QED) is 0.736. The summed E-state index contributed by atoms with van der Waals surface area (Å²) in [6.45, 7) is 1.76. The van der Waals surface area contributed by atoms with E-state index in [0.717, 1.165) is 11.3 Å². The molecule has 1 aromatic carbocycles. The van der Waals surface area contributed by atoms with E-state index in [0.29, 0.717) is 18.7 Å². The van der Waals surface area contributed by atoms with E-state index >= 15 is 0 Å². The van der Waals surface area contributed by atoms with Crippen molar-refractivity contribution in [1.29, 1.82) is 0 Å². The number of carbonyl (C=O) groups is 1. The number of ether oxygens (including phenoxy) is 1. The molecule has 0 saturated heterocycles. The van der Waals surface area contributed by atoms with Crippen LogP contribution in [0.25, 0.3) is 0 Å². The van der Waals surface area contributed by atoms with E-state index in [4.69, 9.17) is 4.74 Å². The van der Waals surface area contributed by atoms with Crippen LogP contribution >= 0.6 is 0 Å². The molecule has 1 aromatic heterocycles. The highest BCUT2D eigenvalue weighted by atomic mass is 16.5. The maximum atomic E-state index is 11.9. The van der Waals surface area contributed by atoms with Crippen molar-refractivity contribution in [3.05, 3.63) is 46.1 Å². The van der Waals surface area contributed by atoms with Crippen molar-refractivity contribution in [2.24, 2.45) is 0 Å². The normalized spacial score (nSPS) is 11.9. The lowest BCUT2D eigenvalue weighted by molar-refractivity contribution is -0.121. The predicted molar refractivity (Wildman–Crippen MR) is 77.1 cm³/mol. The van der Waals surface area contributed by atoms with E-state index in [2.05, 4.69) is 20.5 Å². The zero-order chi connectivity index (χ0) is 15.2. The smallest absolute Gasteiger partial charge is 0.340 e. The Bertz CT molecular complexity index is 662. The first-order valence-corrected chi connectivity index (χ1v) is 6.66. The zero-order valence-electron chi connectivity index (χ0n) is 12.0. The van der Waals surface area contributed by atoms with Gasteiger partial charge < -0.3 is 10.1 Å². The molecular formula is C14H18N4O3. The third kappa shape index (κ3) is 3.95. The number of amides is 1. The second-order valence-corrected chi connectivity index (χ2v) is 4.66. The fourth-order valence-corrected chi connectivity index (χ4v) is 2.03. The Morgan fingerprint density at radius 3 is 2.86 bits per heavy atom. The molecule has 0 unspecified atom stereocenters. The highest BCUT2D eigenvalue weighted by Gasteiger charge is 2.13. The number of hydrogen-bond acceptors (Lipinski definition) is 4. The molecule has 2 aromatic rings. The highest BCUT2D eigenvalue weighted by molar-refractivity contribution is 5.76. The van der Waals surface area contributed by atoms with Gasteiger partial charge in [-0.25, -0.2) is 9.89 Å². The molecule has 0 aliphatic heterocycles. The van der Waals surface area contributed by atoms with Crippen LogP contribution in [0.3, 0.4) is 0 Å². The van der Waals surface area contributed by atoms with E-state index in [1.54, 1.807) is 14.0 Å². The van der Waals surface area contributed by atoms with Gasteiger partial charge in [-0.15, -0.1) is 0 Å². The van der Waals surface area contributed by atoms with E-state index in [1.165, 1.54) is 0 Å². The maximum absolute atomic E-state index is 11.9. The molecule has 0 fully saturated rings. The third-order valence-electron chi connectivity index (χ3n) is 3.12. The minimum absolute atomic E-state index is 0.114. The van der Waals surface area contributed by atoms with Gasteiger partial charge in [0.1, 0.15) is 5.75 Å². The van der Waals surface area contributed by atoms with Crippen LogP contribution in [0.15, 0.2) is 29.1 Å². The molecule has 3 N–H and O–H groups in total. The summed E-state index contributed by atoms with van der Waals surface area (Å²) in [5.41, 5.74) is 0.594. The summed E-state index contributed by atoms with van der Waals surface area (Å²) in [6, 6.07) is 7.24. The van der Waals surface area contributed by atoms with Crippen molar-refractivity contribution in [2.75, 3.05) is 7.11 Å². The molecule has 7 nitrogen and oxygen atoms in total.